The summed E-state index contributed by atoms with van der Waals surface area (Å²) in [4.78, 5) is 13.8. The lowest BCUT2D eigenvalue weighted by Gasteiger charge is -2.21. The maximum Gasteiger partial charge on any atom is 0.239 e. The molecule has 1 rings (SSSR count). The molecule has 1 fully saturated rings. The second-order valence-electron chi connectivity index (χ2n) is 4.73. The molecule has 0 spiro atoms. The Bertz CT molecular complexity index is 246. The number of methoxy groups -OCH3 is 1. The monoisotopic (exact) mass is 244 g/mol. The Morgan fingerprint density at radius 1 is 1.53 bits per heavy atom. The van der Waals surface area contributed by atoms with Crippen LogP contribution in [0.4, 0.5) is 0 Å². The second-order valence-corrected chi connectivity index (χ2v) is 4.73. The summed E-state index contributed by atoms with van der Waals surface area (Å²) in [6.45, 7) is 5.95. The third-order valence-electron chi connectivity index (χ3n) is 2.98. The first-order valence-corrected chi connectivity index (χ1v) is 6.17. The molecule has 1 saturated heterocycles. The molecule has 1 heterocycles. The largest absolute Gasteiger partial charge is 0.380 e. The Morgan fingerprint density at radius 3 is 2.76 bits per heavy atom. The maximum atomic E-state index is 12.0. The molecule has 100 valence electrons. The molecule has 0 aromatic heterocycles. The number of likely N-dealkylation sites (N-methyl/N-ethyl adjacent to an activating group) is 1. The maximum absolute atomic E-state index is 12.0. The van der Waals surface area contributed by atoms with Crippen molar-refractivity contribution in [3.05, 3.63) is 0 Å². The molecule has 0 aromatic carbocycles. The van der Waals surface area contributed by atoms with Gasteiger partial charge < -0.3 is 19.7 Å². The molecule has 0 saturated carbocycles. The highest BCUT2D eigenvalue weighted by Gasteiger charge is 2.30. The van der Waals surface area contributed by atoms with Gasteiger partial charge in [0, 0.05) is 27.2 Å². The van der Waals surface area contributed by atoms with Crippen LogP contribution in [-0.4, -0.2) is 62.9 Å². The van der Waals surface area contributed by atoms with Gasteiger partial charge in [0.25, 0.3) is 0 Å². The smallest absolute Gasteiger partial charge is 0.239 e. The second kappa shape index (κ2) is 6.93. The highest BCUT2D eigenvalue weighted by atomic mass is 16.5. The summed E-state index contributed by atoms with van der Waals surface area (Å²) in [6, 6.07) is -0.107. The van der Waals surface area contributed by atoms with Crippen LogP contribution in [0.2, 0.25) is 0 Å². The molecule has 0 aliphatic carbocycles. The lowest BCUT2D eigenvalue weighted by atomic mass is 10.2. The van der Waals surface area contributed by atoms with Crippen molar-refractivity contribution in [2.24, 2.45) is 0 Å². The number of nitrogens with one attached hydrogen (secondary N) is 1. The lowest BCUT2D eigenvalue weighted by Crippen LogP contribution is -2.42. The van der Waals surface area contributed by atoms with Crippen LogP contribution in [0.3, 0.4) is 0 Å². The molecule has 2 atom stereocenters. The first-order valence-electron chi connectivity index (χ1n) is 6.17. The van der Waals surface area contributed by atoms with Gasteiger partial charge in [-0.25, -0.2) is 0 Å². The molecular formula is C12H24N2O3. The van der Waals surface area contributed by atoms with Gasteiger partial charge in [0.05, 0.1) is 24.9 Å². The van der Waals surface area contributed by atoms with Crippen LogP contribution in [0.25, 0.3) is 0 Å². The standard InChI is InChI=1S/C12H24N2O3/c1-9(2)17-6-5-14(3)12(15)11-7-10(16-4)8-13-11/h9-11,13H,5-8H2,1-4H3. The van der Waals surface area contributed by atoms with E-state index in [4.69, 9.17) is 9.47 Å². The fourth-order valence-electron chi connectivity index (χ4n) is 1.87. The minimum Gasteiger partial charge on any atom is -0.380 e. The Hall–Kier alpha value is -0.650. The molecule has 5 heteroatoms. The number of ether oxygens (including phenoxy) is 2. The van der Waals surface area contributed by atoms with Gasteiger partial charge in [-0.05, 0) is 20.3 Å². The Balaban J connectivity index is 2.27. The van der Waals surface area contributed by atoms with Crippen LogP contribution in [0.1, 0.15) is 20.3 Å². The molecule has 0 radical (unpaired) electrons. The summed E-state index contributed by atoms with van der Waals surface area (Å²) in [7, 11) is 3.49. The fraction of sp³-hybridized carbons (Fsp3) is 0.917. The van der Waals surface area contributed by atoms with E-state index in [1.54, 1.807) is 12.0 Å². The molecule has 0 aromatic rings. The number of nitrogens with zero attached hydrogens (tertiary/aromatic N) is 1. The normalized spacial score (nSPS) is 24.3. The van der Waals surface area contributed by atoms with Crippen molar-refractivity contribution in [3.63, 3.8) is 0 Å². The predicted molar refractivity (Wildman–Crippen MR) is 65.9 cm³/mol. The van der Waals surface area contributed by atoms with E-state index in [9.17, 15) is 4.79 Å². The summed E-state index contributed by atoms with van der Waals surface area (Å²) in [5, 5.41) is 3.18. The topological polar surface area (TPSA) is 50.8 Å². The third kappa shape index (κ3) is 4.61. The van der Waals surface area contributed by atoms with E-state index in [0.29, 0.717) is 13.2 Å². The molecule has 1 aliphatic heterocycles. The molecule has 0 bridgehead atoms. The van der Waals surface area contributed by atoms with Gasteiger partial charge in [0.2, 0.25) is 5.91 Å². The van der Waals surface area contributed by atoms with Gasteiger partial charge >= 0.3 is 0 Å². The average Bonchev–Trinajstić information content (AvgIpc) is 2.75. The lowest BCUT2D eigenvalue weighted by molar-refractivity contribution is -0.132. The van der Waals surface area contributed by atoms with E-state index < -0.39 is 0 Å². The zero-order valence-electron chi connectivity index (χ0n) is 11.2. The summed E-state index contributed by atoms with van der Waals surface area (Å²) in [6.07, 6.45) is 1.12. The number of amides is 1. The van der Waals surface area contributed by atoms with Crippen LogP contribution in [0, 0.1) is 0 Å². The van der Waals surface area contributed by atoms with Crippen molar-refractivity contribution in [2.45, 2.75) is 38.5 Å². The van der Waals surface area contributed by atoms with Crippen LogP contribution in [-0.2, 0) is 14.3 Å². The molecular weight excluding hydrogens is 220 g/mol. The minimum atomic E-state index is -0.107. The Labute approximate surface area is 103 Å². The number of carbonyl (C=O) groups excluding carboxylic acids is 1. The predicted octanol–water partition coefficient (Wildman–Crippen LogP) is 0.247. The summed E-state index contributed by atoms with van der Waals surface area (Å²) < 4.78 is 10.7. The van der Waals surface area contributed by atoms with Gasteiger partial charge in [-0.1, -0.05) is 0 Å². The molecule has 1 N–H and O–H groups in total. The van der Waals surface area contributed by atoms with Crippen molar-refractivity contribution in [3.8, 4) is 0 Å². The molecule has 1 aliphatic rings. The van der Waals surface area contributed by atoms with Crippen molar-refractivity contribution in [1.29, 1.82) is 0 Å². The van der Waals surface area contributed by atoms with Crippen LogP contribution in [0.5, 0.6) is 0 Å². The molecule has 1 amide bonds. The van der Waals surface area contributed by atoms with Gasteiger partial charge in [-0.15, -0.1) is 0 Å². The first kappa shape index (κ1) is 14.4. The fourth-order valence-corrected chi connectivity index (χ4v) is 1.87. The van der Waals surface area contributed by atoms with E-state index in [1.807, 2.05) is 20.9 Å². The van der Waals surface area contributed by atoms with E-state index in [2.05, 4.69) is 5.32 Å². The zero-order valence-corrected chi connectivity index (χ0v) is 11.2. The van der Waals surface area contributed by atoms with Gasteiger partial charge in [0.15, 0.2) is 0 Å². The minimum absolute atomic E-state index is 0.107. The van der Waals surface area contributed by atoms with E-state index >= 15 is 0 Å². The highest BCUT2D eigenvalue weighted by molar-refractivity contribution is 5.82. The average molecular weight is 244 g/mol. The van der Waals surface area contributed by atoms with Gasteiger partial charge in [-0.2, -0.15) is 0 Å². The highest BCUT2D eigenvalue weighted by Crippen LogP contribution is 2.11. The first-order chi connectivity index (χ1) is 8.04. The SMILES string of the molecule is COC1CNC(C(=O)N(C)CCOC(C)C)C1. The van der Waals surface area contributed by atoms with Gasteiger partial charge in [0.1, 0.15) is 0 Å². The summed E-state index contributed by atoms with van der Waals surface area (Å²) in [5.74, 6) is 0.122. The zero-order chi connectivity index (χ0) is 12.8. The number of hydrogen-bond acceptors (Lipinski definition) is 4. The summed E-state index contributed by atoms with van der Waals surface area (Å²) >= 11 is 0. The molecule has 2 unspecified atom stereocenters. The van der Waals surface area contributed by atoms with E-state index in [0.717, 1.165) is 13.0 Å². The van der Waals surface area contributed by atoms with E-state index in [-0.39, 0.29) is 24.2 Å². The Morgan fingerprint density at radius 2 is 2.24 bits per heavy atom. The van der Waals surface area contributed by atoms with Crippen LogP contribution >= 0.6 is 0 Å². The third-order valence-corrected chi connectivity index (χ3v) is 2.98. The molecule has 17 heavy (non-hydrogen) atoms. The quantitative estimate of drug-likeness (QED) is 0.727. The number of carbonyl (C=O) groups is 1. The van der Waals surface area contributed by atoms with E-state index in [1.165, 1.54) is 0 Å². The van der Waals surface area contributed by atoms with Crippen molar-refractivity contribution >= 4 is 5.91 Å². The molecule has 5 nitrogen and oxygen atoms in total. The number of rotatable bonds is 6. The Kier molecular flexibility index (Phi) is 5.88. The van der Waals surface area contributed by atoms with Crippen molar-refractivity contribution in [1.82, 2.24) is 10.2 Å². The van der Waals surface area contributed by atoms with Crippen molar-refractivity contribution in [2.75, 3.05) is 33.9 Å². The van der Waals surface area contributed by atoms with Crippen molar-refractivity contribution < 1.29 is 14.3 Å². The summed E-state index contributed by atoms with van der Waals surface area (Å²) in [5.41, 5.74) is 0. The van der Waals surface area contributed by atoms with Crippen LogP contribution < -0.4 is 5.32 Å². The number of hydrogen-bond donors (Lipinski definition) is 1. The van der Waals surface area contributed by atoms with Gasteiger partial charge in [-0.3, -0.25) is 4.79 Å². The van der Waals surface area contributed by atoms with Crippen LogP contribution in [0.15, 0.2) is 0 Å².